The maximum absolute atomic E-state index is 2.41. The van der Waals surface area contributed by atoms with Crippen molar-refractivity contribution in [1.82, 2.24) is 0 Å². The van der Waals surface area contributed by atoms with Crippen LogP contribution < -0.4 is 0 Å². The highest BCUT2D eigenvalue weighted by atomic mass is 31.1. The molecule has 1 heteroatoms. The van der Waals surface area contributed by atoms with E-state index in [0.29, 0.717) is 0 Å². The maximum atomic E-state index is 2.41. The van der Waals surface area contributed by atoms with Crippen LogP contribution in [-0.2, 0) is 6.16 Å². The zero-order valence-electron chi connectivity index (χ0n) is 8.03. The van der Waals surface area contributed by atoms with E-state index < -0.39 is 0 Å². The molecule has 0 fully saturated rings. The Morgan fingerprint density at radius 2 is 2.00 bits per heavy atom. The number of allylic oxidation sites excluding steroid dienone is 2. The van der Waals surface area contributed by atoms with Crippen molar-refractivity contribution in [2.75, 3.05) is 12.3 Å². The normalized spacial score (nSPS) is 21.6. The van der Waals surface area contributed by atoms with Crippen molar-refractivity contribution in [1.29, 1.82) is 0 Å². The first-order chi connectivity index (χ1) is 6.34. The van der Waals surface area contributed by atoms with E-state index in [-0.39, 0.29) is 7.92 Å². The summed E-state index contributed by atoms with van der Waals surface area (Å²) in [5, 5.41) is 0. The molecule has 1 atom stereocenters. The first kappa shape index (κ1) is 8.97. The van der Waals surface area contributed by atoms with Gasteiger partial charge in [0, 0.05) is 0 Å². The van der Waals surface area contributed by atoms with Crippen LogP contribution >= 0.6 is 7.92 Å². The number of rotatable bonds is 2. The SMILES string of the molecule is CC1=CCP(Cc2ccccc2)C1. The molecule has 0 bridgehead atoms. The topological polar surface area (TPSA) is 0 Å². The second-order valence-electron chi connectivity index (χ2n) is 3.71. The van der Waals surface area contributed by atoms with Crippen LogP contribution in [-0.4, -0.2) is 12.3 Å². The molecule has 1 unspecified atom stereocenters. The first-order valence-corrected chi connectivity index (χ1v) is 6.66. The van der Waals surface area contributed by atoms with Gasteiger partial charge in [-0.1, -0.05) is 49.9 Å². The van der Waals surface area contributed by atoms with Crippen LogP contribution in [0.25, 0.3) is 0 Å². The van der Waals surface area contributed by atoms with Gasteiger partial charge in [0.25, 0.3) is 0 Å². The van der Waals surface area contributed by atoms with Crippen LogP contribution in [0.3, 0.4) is 0 Å². The van der Waals surface area contributed by atoms with Gasteiger partial charge >= 0.3 is 0 Å². The summed E-state index contributed by atoms with van der Waals surface area (Å²) in [6.07, 6.45) is 6.43. The molecule has 1 heterocycles. The Morgan fingerprint density at radius 3 is 2.62 bits per heavy atom. The summed E-state index contributed by atoms with van der Waals surface area (Å²) in [6.45, 7) is 2.26. The van der Waals surface area contributed by atoms with Crippen LogP contribution in [0.2, 0.25) is 0 Å². The zero-order valence-corrected chi connectivity index (χ0v) is 8.93. The highest BCUT2D eigenvalue weighted by Gasteiger charge is 2.13. The average Bonchev–Trinajstić information content (AvgIpc) is 2.53. The number of hydrogen-bond donors (Lipinski definition) is 0. The zero-order chi connectivity index (χ0) is 9.10. The molecule has 1 aromatic carbocycles. The quantitative estimate of drug-likeness (QED) is 0.493. The fourth-order valence-electron chi connectivity index (χ4n) is 1.73. The van der Waals surface area contributed by atoms with Gasteiger partial charge in [-0.2, -0.15) is 0 Å². The van der Waals surface area contributed by atoms with E-state index in [1.165, 1.54) is 24.0 Å². The van der Waals surface area contributed by atoms with E-state index in [1.807, 2.05) is 0 Å². The van der Waals surface area contributed by atoms with Crippen molar-refractivity contribution < 1.29 is 0 Å². The molecule has 13 heavy (non-hydrogen) atoms. The van der Waals surface area contributed by atoms with Crippen molar-refractivity contribution in [2.24, 2.45) is 0 Å². The van der Waals surface area contributed by atoms with E-state index in [0.717, 1.165) is 0 Å². The van der Waals surface area contributed by atoms with Crippen LogP contribution in [0.15, 0.2) is 42.0 Å². The highest BCUT2D eigenvalue weighted by molar-refractivity contribution is 7.57. The molecule has 1 aliphatic rings. The Kier molecular flexibility index (Phi) is 2.80. The standard InChI is InChI=1S/C12H15P/c1-11-7-8-13(9-11)10-12-5-3-2-4-6-12/h2-7H,8-10H2,1H3. The van der Waals surface area contributed by atoms with E-state index in [9.17, 15) is 0 Å². The van der Waals surface area contributed by atoms with Crippen molar-refractivity contribution in [2.45, 2.75) is 13.1 Å². The predicted octanol–water partition coefficient (Wildman–Crippen LogP) is 3.63. The molecule has 68 valence electrons. The molecule has 0 saturated carbocycles. The summed E-state index contributed by atoms with van der Waals surface area (Å²) < 4.78 is 0. The second kappa shape index (κ2) is 4.07. The summed E-state index contributed by atoms with van der Waals surface area (Å²) >= 11 is 0. The Labute approximate surface area is 81.4 Å². The Hall–Kier alpha value is -0.610. The summed E-state index contributed by atoms with van der Waals surface area (Å²) in [4.78, 5) is 0. The largest absolute Gasteiger partial charge is 0.0942 e. The molecule has 1 aromatic rings. The van der Waals surface area contributed by atoms with E-state index in [1.54, 1.807) is 5.57 Å². The minimum Gasteiger partial charge on any atom is -0.0942 e. The van der Waals surface area contributed by atoms with Crippen molar-refractivity contribution in [3.8, 4) is 0 Å². The van der Waals surface area contributed by atoms with Gasteiger partial charge < -0.3 is 0 Å². The molecule has 1 aliphatic heterocycles. The lowest BCUT2D eigenvalue weighted by atomic mass is 10.2. The summed E-state index contributed by atoms with van der Waals surface area (Å²) in [5.41, 5.74) is 3.11. The van der Waals surface area contributed by atoms with Gasteiger partial charge in [-0.15, -0.1) is 0 Å². The fraction of sp³-hybridized carbons (Fsp3) is 0.333. The van der Waals surface area contributed by atoms with Gasteiger partial charge in [0.15, 0.2) is 0 Å². The lowest BCUT2D eigenvalue weighted by Gasteiger charge is -2.09. The van der Waals surface area contributed by atoms with E-state index >= 15 is 0 Å². The van der Waals surface area contributed by atoms with Crippen LogP contribution in [0.5, 0.6) is 0 Å². The Balaban J connectivity index is 1.94. The third-order valence-electron chi connectivity index (χ3n) is 2.42. The maximum Gasteiger partial charge on any atom is -0.00674 e. The summed E-state index contributed by atoms with van der Waals surface area (Å²) in [6, 6.07) is 10.9. The molecule has 0 aromatic heterocycles. The van der Waals surface area contributed by atoms with Gasteiger partial charge in [-0.05, 0) is 31.0 Å². The molecule has 0 amide bonds. The van der Waals surface area contributed by atoms with Crippen molar-refractivity contribution >= 4 is 7.92 Å². The molecular formula is C12H15P. The fourth-order valence-corrected chi connectivity index (χ4v) is 4.23. The molecule has 2 rings (SSSR count). The molecule has 0 radical (unpaired) electrons. The van der Waals surface area contributed by atoms with E-state index in [4.69, 9.17) is 0 Å². The minimum atomic E-state index is 0.247. The molecule has 0 aliphatic carbocycles. The van der Waals surface area contributed by atoms with Crippen LogP contribution in [0.4, 0.5) is 0 Å². The smallest absolute Gasteiger partial charge is 0.00674 e. The number of benzene rings is 1. The summed E-state index contributed by atoms with van der Waals surface area (Å²) in [5.74, 6) is 0. The highest BCUT2D eigenvalue weighted by Crippen LogP contribution is 2.45. The molecule has 0 spiro atoms. The lowest BCUT2D eigenvalue weighted by molar-refractivity contribution is 1.36. The lowest BCUT2D eigenvalue weighted by Crippen LogP contribution is -1.86. The van der Waals surface area contributed by atoms with Crippen LogP contribution in [0.1, 0.15) is 12.5 Å². The Morgan fingerprint density at radius 1 is 1.23 bits per heavy atom. The monoisotopic (exact) mass is 190 g/mol. The molecule has 0 nitrogen and oxygen atoms in total. The van der Waals surface area contributed by atoms with Gasteiger partial charge in [0.1, 0.15) is 0 Å². The van der Waals surface area contributed by atoms with Crippen molar-refractivity contribution in [3.63, 3.8) is 0 Å². The van der Waals surface area contributed by atoms with Gasteiger partial charge in [-0.3, -0.25) is 0 Å². The summed E-state index contributed by atoms with van der Waals surface area (Å²) in [7, 11) is 0.247. The predicted molar refractivity (Wildman–Crippen MR) is 60.6 cm³/mol. The molecule has 0 saturated heterocycles. The van der Waals surface area contributed by atoms with Gasteiger partial charge in [0.05, 0.1) is 0 Å². The first-order valence-electron chi connectivity index (χ1n) is 4.76. The van der Waals surface area contributed by atoms with E-state index in [2.05, 4.69) is 43.3 Å². The minimum absolute atomic E-state index is 0.247. The average molecular weight is 190 g/mol. The Bertz CT molecular complexity index is 300. The number of hydrogen-bond acceptors (Lipinski definition) is 0. The molecular weight excluding hydrogens is 175 g/mol. The van der Waals surface area contributed by atoms with Gasteiger partial charge in [-0.25, -0.2) is 0 Å². The van der Waals surface area contributed by atoms with Crippen molar-refractivity contribution in [3.05, 3.63) is 47.5 Å². The third-order valence-corrected chi connectivity index (χ3v) is 4.88. The van der Waals surface area contributed by atoms with Gasteiger partial charge in [0.2, 0.25) is 0 Å². The second-order valence-corrected chi connectivity index (χ2v) is 6.04. The third kappa shape index (κ3) is 2.42. The van der Waals surface area contributed by atoms with Crippen LogP contribution in [0, 0.1) is 0 Å². The molecule has 0 N–H and O–H groups in total.